The summed E-state index contributed by atoms with van der Waals surface area (Å²) in [5.74, 6) is 0.118. The topological polar surface area (TPSA) is 96.2 Å². The molecule has 0 aliphatic heterocycles. The monoisotopic (exact) mass is 360 g/mol. The van der Waals surface area contributed by atoms with E-state index >= 15 is 0 Å². The molecule has 0 spiro atoms. The molecule has 25 heavy (non-hydrogen) atoms. The predicted molar refractivity (Wildman–Crippen MR) is 93.8 cm³/mol. The number of phenols is 2. The van der Waals surface area contributed by atoms with Crippen LogP contribution < -0.4 is 9.47 Å². The zero-order chi connectivity index (χ0) is 18.0. The number of rotatable bonds is 6. The van der Waals surface area contributed by atoms with Gasteiger partial charge in [-0.2, -0.15) is 0 Å². The van der Waals surface area contributed by atoms with Crippen LogP contribution in [0.25, 0.3) is 10.1 Å². The second-order valence-corrected chi connectivity index (χ2v) is 6.34. The molecule has 3 aromatic rings. The molecule has 0 bridgehead atoms. The van der Waals surface area contributed by atoms with Crippen molar-refractivity contribution in [3.63, 3.8) is 0 Å². The fraction of sp³-hybridized carbons (Fsp3) is 0.167. The molecular weight excluding hydrogens is 344 g/mol. The summed E-state index contributed by atoms with van der Waals surface area (Å²) < 4.78 is 12.0. The highest BCUT2D eigenvalue weighted by atomic mass is 32.1. The first-order chi connectivity index (χ1) is 12.0. The summed E-state index contributed by atoms with van der Waals surface area (Å²) in [7, 11) is 1.52. The minimum atomic E-state index is -0.898. The molecule has 0 unspecified atom stereocenters. The Balaban J connectivity index is 1.88. The number of carbonyl (C=O) groups is 1. The van der Waals surface area contributed by atoms with Crippen LogP contribution in [0.3, 0.4) is 0 Å². The van der Waals surface area contributed by atoms with Gasteiger partial charge in [0.1, 0.15) is 29.6 Å². The number of fused-ring (bicyclic) bond motifs is 1. The maximum absolute atomic E-state index is 11.0. The molecule has 0 fully saturated rings. The molecule has 0 aliphatic carbocycles. The lowest BCUT2D eigenvalue weighted by Gasteiger charge is -2.11. The quantitative estimate of drug-likeness (QED) is 0.622. The summed E-state index contributed by atoms with van der Waals surface area (Å²) in [5, 5.41) is 30.7. The highest BCUT2D eigenvalue weighted by Gasteiger charge is 2.15. The van der Waals surface area contributed by atoms with Gasteiger partial charge in [0.05, 0.1) is 13.5 Å². The van der Waals surface area contributed by atoms with Crippen molar-refractivity contribution >= 4 is 27.4 Å². The fourth-order valence-corrected chi connectivity index (χ4v) is 3.55. The number of thiophene rings is 1. The Labute approximate surface area is 147 Å². The van der Waals surface area contributed by atoms with E-state index in [1.165, 1.54) is 30.6 Å². The Kier molecular flexibility index (Phi) is 4.67. The van der Waals surface area contributed by atoms with Crippen molar-refractivity contribution in [2.75, 3.05) is 7.11 Å². The maximum Gasteiger partial charge on any atom is 0.307 e. The van der Waals surface area contributed by atoms with Gasteiger partial charge in [-0.15, -0.1) is 11.3 Å². The van der Waals surface area contributed by atoms with Crippen molar-refractivity contribution in [2.45, 2.75) is 13.0 Å². The van der Waals surface area contributed by atoms with E-state index < -0.39 is 5.97 Å². The third-order valence-electron chi connectivity index (χ3n) is 3.71. The van der Waals surface area contributed by atoms with E-state index in [9.17, 15) is 15.0 Å². The lowest BCUT2D eigenvalue weighted by molar-refractivity contribution is -0.136. The van der Waals surface area contributed by atoms with E-state index in [4.69, 9.17) is 14.6 Å². The Morgan fingerprint density at radius 3 is 2.64 bits per heavy atom. The maximum atomic E-state index is 11.0. The van der Waals surface area contributed by atoms with Crippen molar-refractivity contribution in [3.8, 4) is 23.0 Å². The van der Waals surface area contributed by atoms with E-state index in [-0.39, 0.29) is 24.5 Å². The Morgan fingerprint density at radius 1 is 1.16 bits per heavy atom. The molecule has 0 radical (unpaired) electrons. The van der Waals surface area contributed by atoms with Gasteiger partial charge in [0, 0.05) is 27.8 Å². The standard InChI is InChI=1S/C18H16O6S/c1-23-15-6-13(24-8-10-2-3-12(19)5-14(10)20)7-16-18(15)11(9-25-16)4-17(21)22/h2-3,5-7,9,19-20H,4,8H2,1H3,(H,21,22). The first-order valence-corrected chi connectivity index (χ1v) is 8.29. The van der Waals surface area contributed by atoms with E-state index in [1.54, 1.807) is 17.5 Å². The number of hydrogen-bond acceptors (Lipinski definition) is 6. The largest absolute Gasteiger partial charge is 0.508 e. The molecule has 1 heterocycles. The van der Waals surface area contributed by atoms with Crippen LogP contribution in [0, 0.1) is 0 Å². The van der Waals surface area contributed by atoms with E-state index in [1.807, 2.05) is 6.07 Å². The van der Waals surface area contributed by atoms with Crippen LogP contribution in [0.2, 0.25) is 0 Å². The minimum Gasteiger partial charge on any atom is -0.508 e. The van der Waals surface area contributed by atoms with Gasteiger partial charge in [-0.1, -0.05) is 0 Å². The van der Waals surface area contributed by atoms with Gasteiger partial charge in [0.25, 0.3) is 0 Å². The van der Waals surface area contributed by atoms with Crippen LogP contribution in [0.5, 0.6) is 23.0 Å². The average molecular weight is 360 g/mol. The fourth-order valence-electron chi connectivity index (χ4n) is 2.54. The lowest BCUT2D eigenvalue weighted by atomic mass is 10.1. The molecule has 2 aromatic carbocycles. The number of carboxylic acids is 1. The van der Waals surface area contributed by atoms with Gasteiger partial charge in [0.15, 0.2) is 0 Å². The normalized spacial score (nSPS) is 10.8. The van der Waals surface area contributed by atoms with Gasteiger partial charge in [-0.25, -0.2) is 0 Å². The Morgan fingerprint density at radius 2 is 1.96 bits per heavy atom. The van der Waals surface area contributed by atoms with Crippen LogP contribution in [-0.2, 0) is 17.8 Å². The number of phenolic OH excluding ortho intramolecular Hbond substituents is 2. The highest BCUT2D eigenvalue weighted by Crippen LogP contribution is 2.38. The highest BCUT2D eigenvalue weighted by molar-refractivity contribution is 7.17. The second kappa shape index (κ2) is 6.90. The molecule has 3 N–H and O–H groups in total. The summed E-state index contributed by atoms with van der Waals surface area (Å²) in [6.45, 7) is 0.119. The van der Waals surface area contributed by atoms with Crippen LogP contribution >= 0.6 is 11.3 Å². The molecule has 130 valence electrons. The first-order valence-electron chi connectivity index (χ1n) is 7.41. The third-order valence-corrected chi connectivity index (χ3v) is 4.69. The number of carboxylic acid groups (broad SMARTS) is 1. The SMILES string of the molecule is COc1cc(OCc2ccc(O)cc2O)cc2scc(CC(=O)O)c12. The Bertz CT molecular complexity index is 931. The second-order valence-electron chi connectivity index (χ2n) is 5.43. The average Bonchev–Trinajstić information content (AvgIpc) is 2.95. The van der Waals surface area contributed by atoms with E-state index in [0.29, 0.717) is 22.6 Å². The molecule has 7 heteroatoms. The van der Waals surface area contributed by atoms with Crippen molar-refractivity contribution < 1.29 is 29.6 Å². The minimum absolute atomic E-state index is 0.0196. The molecule has 0 saturated heterocycles. The number of methoxy groups -OCH3 is 1. The molecule has 6 nitrogen and oxygen atoms in total. The van der Waals surface area contributed by atoms with Crippen LogP contribution in [-0.4, -0.2) is 28.4 Å². The molecule has 0 atom stereocenters. The molecule has 0 aliphatic rings. The van der Waals surface area contributed by atoms with Crippen molar-refractivity contribution in [1.82, 2.24) is 0 Å². The summed E-state index contributed by atoms with van der Waals surface area (Å²) in [5.41, 5.74) is 1.24. The third kappa shape index (κ3) is 3.61. The van der Waals surface area contributed by atoms with Gasteiger partial charge in [0.2, 0.25) is 0 Å². The zero-order valence-corrected chi connectivity index (χ0v) is 14.2. The number of aliphatic carboxylic acids is 1. The number of benzene rings is 2. The van der Waals surface area contributed by atoms with Crippen molar-refractivity contribution in [1.29, 1.82) is 0 Å². The first kappa shape index (κ1) is 16.9. The van der Waals surface area contributed by atoms with Gasteiger partial charge in [-0.3, -0.25) is 4.79 Å². The van der Waals surface area contributed by atoms with Crippen LogP contribution in [0.15, 0.2) is 35.7 Å². The van der Waals surface area contributed by atoms with Gasteiger partial charge >= 0.3 is 5.97 Å². The smallest absolute Gasteiger partial charge is 0.307 e. The summed E-state index contributed by atoms with van der Waals surface area (Å²) in [6, 6.07) is 7.80. The Hall–Kier alpha value is -2.93. The van der Waals surface area contributed by atoms with Gasteiger partial charge < -0.3 is 24.8 Å². The number of aromatic hydroxyl groups is 2. The number of ether oxygens (including phenoxy) is 2. The molecular formula is C18H16O6S. The molecule has 0 amide bonds. The summed E-state index contributed by atoms with van der Waals surface area (Å²) >= 11 is 1.42. The van der Waals surface area contributed by atoms with Crippen molar-refractivity contribution in [2.24, 2.45) is 0 Å². The summed E-state index contributed by atoms with van der Waals surface area (Å²) in [6.07, 6.45) is -0.0715. The van der Waals surface area contributed by atoms with E-state index in [2.05, 4.69) is 0 Å². The van der Waals surface area contributed by atoms with E-state index in [0.717, 1.165) is 10.1 Å². The predicted octanol–water partition coefficient (Wildman–Crippen LogP) is 3.53. The molecule has 1 aromatic heterocycles. The number of hydrogen-bond donors (Lipinski definition) is 3. The summed E-state index contributed by atoms with van der Waals surface area (Å²) in [4.78, 5) is 11.0. The van der Waals surface area contributed by atoms with Crippen LogP contribution in [0.1, 0.15) is 11.1 Å². The zero-order valence-electron chi connectivity index (χ0n) is 13.4. The molecule has 0 saturated carbocycles. The van der Waals surface area contributed by atoms with Crippen LogP contribution in [0.4, 0.5) is 0 Å². The van der Waals surface area contributed by atoms with Crippen molar-refractivity contribution in [3.05, 3.63) is 46.8 Å². The molecule has 3 rings (SSSR count). The lowest BCUT2D eigenvalue weighted by Crippen LogP contribution is -2.00. The van der Waals surface area contributed by atoms with Gasteiger partial charge in [-0.05, 0) is 29.1 Å².